The molecule has 1 aromatic carbocycles. The van der Waals surface area contributed by atoms with E-state index in [2.05, 4.69) is 11.6 Å². The third-order valence-corrected chi connectivity index (χ3v) is 2.45. The molecule has 2 aromatic rings. The van der Waals surface area contributed by atoms with Gasteiger partial charge in [0.1, 0.15) is 0 Å². The number of H-pyrrole nitrogens is 1. The van der Waals surface area contributed by atoms with Crippen LogP contribution >= 0.6 is 0 Å². The summed E-state index contributed by atoms with van der Waals surface area (Å²) in [7, 11) is 0. The summed E-state index contributed by atoms with van der Waals surface area (Å²) in [4.78, 5) is 14.1. The average Bonchev–Trinajstić information content (AvgIpc) is 2.66. The highest BCUT2D eigenvalue weighted by Gasteiger charge is 2.07. The number of aromatic amines is 1. The molecule has 0 spiro atoms. The molecule has 0 amide bonds. The van der Waals surface area contributed by atoms with E-state index in [4.69, 9.17) is 0 Å². The van der Waals surface area contributed by atoms with E-state index in [1.165, 1.54) is 0 Å². The molecule has 14 heavy (non-hydrogen) atoms. The third-order valence-electron chi connectivity index (χ3n) is 2.45. The van der Waals surface area contributed by atoms with Gasteiger partial charge in [0.2, 0.25) is 0 Å². The van der Waals surface area contributed by atoms with Crippen molar-refractivity contribution in [3.05, 3.63) is 41.6 Å². The molecule has 1 N–H and O–H groups in total. The first-order valence-electron chi connectivity index (χ1n) is 4.46. The van der Waals surface area contributed by atoms with Crippen molar-refractivity contribution in [1.82, 2.24) is 4.98 Å². The first kappa shape index (κ1) is 8.75. The molecule has 0 saturated carbocycles. The Balaban J connectivity index is 2.95. The lowest BCUT2D eigenvalue weighted by Crippen LogP contribution is -1.89. The lowest BCUT2D eigenvalue weighted by Gasteiger charge is -2.04. The second kappa shape index (κ2) is 3.14. The standard InChI is InChI=1S/C12H11NO/c1-3-9-6-8(2)12-10(4-5-13-12)11(9)7-14/h3-7,13H,1H2,2H3. The van der Waals surface area contributed by atoms with Gasteiger partial charge in [-0.1, -0.05) is 12.7 Å². The fraction of sp³-hybridized carbons (Fsp3) is 0.0833. The topological polar surface area (TPSA) is 32.9 Å². The van der Waals surface area contributed by atoms with Gasteiger partial charge in [0, 0.05) is 22.7 Å². The van der Waals surface area contributed by atoms with Gasteiger partial charge in [-0.3, -0.25) is 4.79 Å². The van der Waals surface area contributed by atoms with Crippen LogP contribution in [0.2, 0.25) is 0 Å². The maximum Gasteiger partial charge on any atom is 0.151 e. The molecule has 0 aliphatic carbocycles. The van der Waals surface area contributed by atoms with E-state index in [9.17, 15) is 4.79 Å². The number of carbonyl (C=O) groups excluding carboxylic acids is 1. The highest BCUT2D eigenvalue weighted by Crippen LogP contribution is 2.24. The molecule has 0 aliphatic rings. The molecule has 1 aromatic heterocycles. The molecule has 70 valence electrons. The van der Waals surface area contributed by atoms with Crippen molar-refractivity contribution in [1.29, 1.82) is 0 Å². The van der Waals surface area contributed by atoms with Gasteiger partial charge in [-0.15, -0.1) is 0 Å². The van der Waals surface area contributed by atoms with Crippen LogP contribution in [0.5, 0.6) is 0 Å². The highest BCUT2D eigenvalue weighted by atomic mass is 16.1. The smallest absolute Gasteiger partial charge is 0.151 e. The van der Waals surface area contributed by atoms with Gasteiger partial charge in [0.05, 0.1) is 0 Å². The molecular weight excluding hydrogens is 174 g/mol. The van der Waals surface area contributed by atoms with Crippen molar-refractivity contribution in [2.75, 3.05) is 0 Å². The Hall–Kier alpha value is -1.83. The summed E-state index contributed by atoms with van der Waals surface area (Å²) in [5.74, 6) is 0. The molecule has 0 radical (unpaired) electrons. The fourth-order valence-electron chi connectivity index (χ4n) is 1.76. The van der Waals surface area contributed by atoms with Crippen molar-refractivity contribution >= 4 is 23.3 Å². The summed E-state index contributed by atoms with van der Waals surface area (Å²) >= 11 is 0. The number of fused-ring (bicyclic) bond motifs is 1. The number of hydrogen-bond acceptors (Lipinski definition) is 1. The van der Waals surface area contributed by atoms with Gasteiger partial charge in [0.15, 0.2) is 6.29 Å². The van der Waals surface area contributed by atoms with Crippen molar-refractivity contribution in [3.8, 4) is 0 Å². The molecular formula is C12H11NO. The van der Waals surface area contributed by atoms with E-state index < -0.39 is 0 Å². The normalized spacial score (nSPS) is 10.4. The third kappa shape index (κ3) is 1.08. The predicted octanol–water partition coefficient (Wildman–Crippen LogP) is 2.93. The Morgan fingerprint density at radius 2 is 2.29 bits per heavy atom. The van der Waals surface area contributed by atoms with Crippen LogP contribution in [0.25, 0.3) is 17.0 Å². The van der Waals surface area contributed by atoms with E-state index in [0.29, 0.717) is 5.56 Å². The van der Waals surface area contributed by atoms with Crippen LogP contribution in [0.3, 0.4) is 0 Å². The van der Waals surface area contributed by atoms with Gasteiger partial charge in [0.25, 0.3) is 0 Å². The zero-order valence-electron chi connectivity index (χ0n) is 8.00. The van der Waals surface area contributed by atoms with Gasteiger partial charge in [-0.05, 0) is 30.2 Å². The van der Waals surface area contributed by atoms with Gasteiger partial charge in [-0.25, -0.2) is 0 Å². The van der Waals surface area contributed by atoms with Gasteiger partial charge in [-0.2, -0.15) is 0 Å². The Morgan fingerprint density at radius 3 is 2.93 bits per heavy atom. The molecule has 0 unspecified atom stereocenters. The monoisotopic (exact) mass is 185 g/mol. The number of nitrogens with one attached hydrogen (secondary N) is 1. The molecule has 0 atom stereocenters. The van der Waals surface area contributed by atoms with Crippen molar-refractivity contribution in [3.63, 3.8) is 0 Å². The van der Waals surface area contributed by atoms with Gasteiger partial charge < -0.3 is 4.98 Å². The average molecular weight is 185 g/mol. The maximum atomic E-state index is 10.9. The van der Waals surface area contributed by atoms with Crippen LogP contribution in [0.15, 0.2) is 24.9 Å². The summed E-state index contributed by atoms with van der Waals surface area (Å²) in [5.41, 5.74) is 3.76. The molecule has 1 heterocycles. The Morgan fingerprint density at radius 1 is 1.50 bits per heavy atom. The molecule has 2 nitrogen and oxygen atoms in total. The quantitative estimate of drug-likeness (QED) is 0.717. The second-order valence-corrected chi connectivity index (χ2v) is 3.28. The zero-order chi connectivity index (χ0) is 10.1. The molecule has 0 saturated heterocycles. The van der Waals surface area contributed by atoms with Crippen LogP contribution in [-0.4, -0.2) is 11.3 Å². The zero-order valence-corrected chi connectivity index (χ0v) is 8.00. The SMILES string of the molecule is C=Cc1cc(C)c2[nH]ccc2c1C=O. The minimum Gasteiger partial charge on any atom is -0.361 e. The fourth-order valence-corrected chi connectivity index (χ4v) is 1.76. The number of aryl methyl sites for hydroxylation is 1. The highest BCUT2D eigenvalue weighted by molar-refractivity contribution is 6.01. The van der Waals surface area contributed by atoms with E-state index in [-0.39, 0.29) is 0 Å². The van der Waals surface area contributed by atoms with Crippen LogP contribution in [0.4, 0.5) is 0 Å². The minimum atomic E-state index is 0.710. The molecule has 0 bridgehead atoms. The van der Waals surface area contributed by atoms with E-state index >= 15 is 0 Å². The first-order chi connectivity index (χ1) is 6.77. The van der Waals surface area contributed by atoms with Crippen LogP contribution in [0.1, 0.15) is 21.5 Å². The number of hydrogen-bond donors (Lipinski definition) is 1. The Labute approximate surface area is 82.3 Å². The second-order valence-electron chi connectivity index (χ2n) is 3.28. The molecule has 2 heteroatoms. The van der Waals surface area contributed by atoms with Crippen molar-refractivity contribution in [2.24, 2.45) is 0 Å². The number of aldehydes is 1. The van der Waals surface area contributed by atoms with E-state index in [1.54, 1.807) is 6.08 Å². The van der Waals surface area contributed by atoms with E-state index in [1.807, 2.05) is 25.3 Å². The van der Waals surface area contributed by atoms with Crippen LogP contribution in [-0.2, 0) is 0 Å². The van der Waals surface area contributed by atoms with Crippen molar-refractivity contribution in [2.45, 2.75) is 6.92 Å². The molecule has 0 aliphatic heterocycles. The maximum absolute atomic E-state index is 10.9. The Kier molecular flexibility index (Phi) is 1.97. The minimum absolute atomic E-state index is 0.710. The van der Waals surface area contributed by atoms with Crippen molar-refractivity contribution < 1.29 is 4.79 Å². The number of carbonyl (C=O) groups is 1. The summed E-state index contributed by atoms with van der Waals surface area (Å²) in [6.45, 7) is 5.72. The summed E-state index contributed by atoms with van der Waals surface area (Å²) in [6, 6.07) is 3.88. The lowest BCUT2D eigenvalue weighted by atomic mass is 10.0. The van der Waals surface area contributed by atoms with E-state index in [0.717, 1.165) is 28.3 Å². The lowest BCUT2D eigenvalue weighted by molar-refractivity contribution is 0.112. The summed E-state index contributed by atoms with van der Waals surface area (Å²) in [5, 5.41) is 0.968. The largest absolute Gasteiger partial charge is 0.361 e. The van der Waals surface area contributed by atoms with Crippen LogP contribution in [0, 0.1) is 6.92 Å². The number of benzene rings is 1. The molecule has 2 rings (SSSR count). The Bertz CT molecular complexity index is 508. The summed E-state index contributed by atoms with van der Waals surface area (Å²) < 4.78 is 0. The molecule has 0 fully saturated rings. The first-order valence-corrected chi connectivity index (χ1v) is 4.46. The number of rotatable bonds is 2. The van der Waals surface area contributed by atoms with Gasteiger partial charge >= 0.3 is 0 Å². The summed E-state index contributed by atoms with van der Waals surface area (Å²) in [6.07, 6.45) is 4.44. The number of aromatic nitrogens is 1. The van der Waals surface area contributed by atoms with Crippen LogP contribution < -0.4 is 0 Å². The predicted molar refractivity (Wildman–Crippen MR) is 58.5 cm³/mol.